The zero-order valence-electron chi connectivity index (χ0n) is 11.4. The number of fused-ring (bicyclic) bond motifs is 1. The van der Waals surface area contributed by atoms with E-state index >= 15 is 0 Å². The van der Waals surface area contributed by atoms with Crippen LogP contribution in [0.3, 0.4) is 0 Å². The van der Waals surface area contributed by atoms with E-state index in [1.165, 1.54) is 22.2 Å². The molecule has 108 valence electrons. The summed E-state index contributed by atoms with van der Waals surface area (Å²) in [7, 11) is 1.88. The fourth-order valence-electron chi connectivity index (χ4n) is 1.86. The van der Waals surface area contributed by atoms with Crippen LogP contribution in [0.1, 0.15) is 12.8 Å². The lowest BCUT2D eigenvalue weighted by Crippen LogP contribution is -2.29. The number of hydrogen-bond acceptors (Lipinski definition) is 5. The molecular weight excluding hydrogens is 276 g/mol. The van der Waals surface area contributed by atoms with Crippen LogP contribution in [0.5, 0.6) is 0 Å². The number of thiophene rings is 1. The fourth-order valence-corrected chi connectivity index (χ4v) is 2.58. The van der Waals surface area contributed by atoms with E-state index in [4.69, 9.17) is 0 Å². The quantitative estimate of drug-likeness (QED) is 0.732. The molecule has 0 aliphatic carbocycles. The summed E-state index contributed by atoms with van der Waals surface area (Å²) in [5, 5.41) is 8.31. The summed E-state index contributed by atoms with van der Waals surface area (Å²) in [5.41, 5.74) is -0.0840. The van der Waals surface area contributed by atoms with Gasteiger partial charge in [-0.1, -0.05) is 0 Å². The highest BCUT2D eigenvalue weighted by Gasteiger charge is 2.06. The van der Waals surface area contributed by atoms with E-state index in [1.54, 1.807) is 6.07 Å². The topological polar surface area (TPSA) is 76.0 Å². The number of nitrogens with one attached hydrogen (secondary N) is 2. The molecule has 0 spiro atoms. The summed E-state index contributed by atoms with van der Waals surface area (Å²) in [5.74, 6) is -0.0431. The van der Waals surface area contributed by atoms with Gasteiger partial charge in [0.15, 0.2) is 0 Å². The van der Waals surface area contributed by atoms with Gasteiger partial charge in [0, 0.05) is 19.5 Å². The highest BCUT2D eigenvalue weighted by atomic mass is 32.1. The van der Waals surface area contributed by atoms with Crippen molar-refractivity contribution in [2.75, 3.05) is 20.1 Å². The molecule has 20 heavy (non-hydrogen) atoms. The lowest BCUT2D eigenvalue weighted by atomic mass is 10.3. The smallest absolute Gasteiger partial charge is 0.262 e. The summed E-state index contributed by atoms with van der Waals surface area (Å²) >= 11 is 1.44. The molecule has 0 saturated carbocycles. The third-order valence-corrected chi connectivity index (χ3v) is 3.78. The molecule has 2 N–H and O–H groups in total. The van der Waals surface area contributed by atoms with Gasteiger partial charge in [-0.25, -0.2) is 4.98 Å². The zero-order chi connectivity index (χ0) is 14.4. The standard InChI is InChI=1S/C13H18N4O2S/c1-14-5-2-6-15-11(18)3-7-17-9-16-12-10(13(17)19)4-8-20-12/h4,8-9,14H,2-3,5-7H2,1H3,(H,15,18). The molecule has 0 atom stereocenters. The summed E-state index contributed by atoms with van der Waals surface area (Å²) in [6, 6.07) is 1.77. The maximum absolute atomic E-state index is 12.1. The molecule has 0 saturated heterocycles. The Morgan fingerprint density at radius 3 is 3.10 bits per heavy atom. The number of carbonyl (C=O) groups excluding carboxylic acids is 1. The van der Waals surface area contributed by atoms with Crippen LogP contribution in [-0.2, 0) is 11.3 Å². The first-order valence-corrected chi connectivity index (χ1v) is 7.44. The van der Waals surface area contributed by atoms with Crippen LogP contribution in [0.4, 0.5) is 0 Å². The summed E-state index contributed by atoms with van der Waals surface area (Å²) < 4.78 is 1.49. The lowest BCUT2D eigenvalue weighted by Gasteiger charge is -2.06. The number of nitrogens with zero attached hydrogens (tertiary/aromatic N) is 2. The molecule has 0 bridgehead atoms. The first kappa shape index (κ1) is 14.7. The number of aryl methyl sites for hydroxylation is 1. The van der Waals surface area contributed by atoms with Crippen LogP contribution in [0.25, 0.3) is 10.2 Å². The first-order chi connectivity index (χ1) is 9.72. The van der Waals surface area contributed by atoms with Crippen molar-refractivity contribution in [2.45, 2.75) is 19.4 Å². The second kappa shape index (κ2) is 7.16. The average molecular weight is 294 g/mol. The molecular formula is C13H18N4O2S. The molecule has 0 radical (unpaired) electrons. The van der Waals surface area contributed by atoms with Gasteiger partial charge in [-0.3, -0.25) is 14.2 Å². The minimum Gasteiger partial charge on any atom is -0.356 e. The van der Waals surface area contributed by atoms with Crippen molar-refractivity contribution in [3.05, 3.63) is 28.1 Å². The van der Waals surface area contributed by atoms with Crippen LogP contribution in [0, 0.1) is 0 Å². The molecule has 0 aromatic carbocycles. The Labute approximate surface area is 120 Å². The van der Waals surface area contributed by atoms with Gasteiger partial charge in [-0.2, -0.15) is 0 Å². The number of amides is 1. The van der Waals surface area contributed by atoms with Gasteiger partial charge in [0.05, 0.1) is 11.7 Å². The largest absolute Gasteiger partial charge is 0.356 e. The molecule has 6 nitrogen and oxygen atoms in total. The van der Waals surface area contributed by atoms with E-state index in [0.717, 1.165) is 17.8 Å². The van der Waals surface area contributed by atoms with Gasteiger partial charge < -0.3 is 10.6 Å². The summed E-state index contributed by atoms with van der Waals surface area (Å²) in [6.45, 7) is 1.88. The van der Waals surface area contributed by atoms with Crippen molar-refractivity contribution >= 4 is 27.5 Å². The predicted molar refractivity (Wildman–Crippen MR) is 80.1 cm³/mol. The Morgan fingerprint density at radius 1 is 1.45 bits per heavy atom. The Bertz CT molecular complexity index is 635. The van der Waals surface area contributed by atoms with Crippen molar-refractivity contribution in [3.63, 3.8) is 0 Å². The van der Waals surface area contributed by atoms with Crippen molar-refractivity contribution in [1.29, 1.82) is 0 Å². The minimum absolute atomic E-state index is 0.0431. The molecule has 0 fully saturated rings. The van der Waals surface area contributed by atoms with E-state index in [1.807, 2.05) is 12.4 Å². The van der Waals surface area contributed by atoms with Crippen LogP contribution in [-0.4, -0.2) is 35.6 Å². The molecule has 1 amide bonds. The maximum Gasteiger partial charge on any atom is 0.262 e. The van der Waals surface area contributed by atoms with Crippen molar-refractivity contribution in [2.24, 2.45) is 0 Å². The molecule has 2 aromatic heterocycles. The van der Waals surface area contributed by atoms with E-state index < -0.39 is 0 Å². The molecule has 0 aliphatic rings. The van der Waals surface area contributed by atoms with E-state index in [2.05, 4.69) is 15.6 Å². The van der Waals surface area contributed by atoms with Crippen molar-refractivity contribution < 1.29 is 4.79 Å². The molecule has 2 aromatic rings. The third kappa shape index (κ3) is 3.64. The highest BCUT2D eigenvalue weighted by molar-refractivity contribution is 7.16. The summed E-state index contributed by atoms with van der Waals surface area (Å²) in [6.07, 6.45) is 2.69. The minimum atomic E-state index is -0.0840. The Morgan fingerprint density at radius 2 is 2.30 bits per heavy atom. The Hall–Kier alpha value is -1.73. The number of hydrogen-bond donors (Lipinski definition) is 2. The molecule has 7 heteroatoms. The van der Waals surface area contributed by atoms with Crippen LogP contribution in [0.2, 0.25) is 0 Å². The van der Waals surface area contributed by atoms with Gasteiger partial charge in [0.25, 0.3) is 5.56 Å². The summed E-state index contributed by atoms with van der Waals surface area (Å²) in [4.78, 5) is 28.7. The van der Waals surface area contributed by atoms with Crippen molar-refractivity contribution in [3.8, 4) is 0 Å². The fraction of sp³-hybridized carbons (Fsp3) is 0.462. The Kier molecular flexibility index (Phi) is 5.25. The number of rotatable bonds is 7. The molecule has 2 rings (SSSR count). The zero-order valence-corrected chi connectivity index (χ0v) is 12.2. The van der Waals surface area contributed by atoms with Gasteiger partial charge >= 0.3 is 0 Å². The van der Waals surface area contributed by atoms with Crippen LogP contribution < -0.4 is 16.2 Å². The van der Waals surface area contributed by atoms with Crippen LogP contribution >= 0.6 is 11.3 Å². The Balaban J connectivity index is 1.87. The SMILES string of the molecule is CNCCCNC(=O)CCn1cnc2sccc2c1=O. The number of aromatic nitrogens is 2. The van der Waals surface area contributed by atoms with E-state index in [9.17, 15) is 9.59 Å². The average Bonchev–Trinajstić information content (AvgIpc) is 2.92. The predicted octanol–water partition coefficient (Wildman–Crippen LogP) is 0.574. The molecule has 0 aliphatic heterocycles. The second-order valence-corrected chi connectivity index (χ2v) is 5.33. The molecule has 2 heterocycles. The van der Waals surface area contributed by atoms with Gasteiger partial charge in [-0.05, 0) is 31.5 Å². The third-order valence-electron chi connectivity index (χ3n) is 2.96. The van der Waals surface area contributed by atoms with Crippen LogP contribution in [0.15, 0.2) is 22.6 Å². The van der Waals surface area contributed by atoms with Gasteiger partial charge in [0.1, 0.15) is 4.83 Å². The number of carbonyl (C=O) groups is 1. The molecule has 0 unspecified atom stereocenters. The van der Waals surface area contributed by atoms with E-state index in [0.29, 0.717) is 18.5 Å². The van der Waals surface area contributed by atoms with Gasteiger partial charge in [0.2, 0.25) is 5.91 Å². The van der Waals surface area contributed by atoms with Crippen molar-refractivity contribution in [1.82, 2.24) is 20.2 Å². The monoisotopic (exact) mass is 294 g/mol. The highest BCUT2D eigenvalue weighted by Crippen LogP contribution is 2.13. The second-order valence-electron chi connectivity index (χ2n) is 4.44. The van der Waals surface area contributed by atoms with E-state index in [-0.39, 0.29) is 17.9 Å². The lowest BCUT2D eigenvalue weighted by molar-refractivity contribution is -0.121. The maximum atomic E-state index is 12.1. The normalized spacial score (nSPS) is 10.8. The first-order valence-electron chi connectivity index (χ1n) is 6.56. The van der Waals surface area contributed by atoms with Gasteiger partial charge in [-0.15, -0.1) is 11.3 Å².